The number of hydrogen-bond donors (Lipinski definition) is 1. The fourth-order valence-electron chi connectivity index (χ4n) is 4.06. The highest BCUT2D eigenvalue weighted by atomic mass is 16.2. The fraction of sp³-hybridized carbons (Fsp3) is 0.0769. The van der Waals surface area contributed by atoms with Gasteiger partial charge in [-0.3, -0.25) is 9.69 Å². The Morgan fingerprint density at radius 3 is 2.17 bits per heavy atom. The minimum Gasteiger partial charge on any atom is -0.303 e. The average molecular weight is 392 g/mol. The number of amides is 3. The van der Waals surface area contributed by atoms with Crippen LogP contribution in [0.4, 0.5) is 4.79 Å². The van der Waals surface area contributed by atoms with Gasteiger partial charge in [-0.25, -0.2) is 4.79 Å². The molecule has 3 amide bonds. The van der Waals surface area contributed by atoms with E-state index in [0.717, 1.165) is 38.2 Å². The average Bonchev–Trinajstić information content (AvgIpc) is 3.01. The largest absolute Gasteiger partial charge is 0.329 e. The van der Waals surface area contributed by atoms with Gasteiger partial charge >= 0.3 is 6.03 Å². The Hall–Kier alpha value is -3.92. The molecule has 146 valence electrons. The number of carbonyl (C=O) groups excluding carboxylic acids is 2. The summed E-state index contributed by atoms with van der Waals surface area (Å²) in [4.78, 5) is 26.9. The van der Waals surface area contributed by atoms with Gasteiger partial charge in [0.2, 0.25) is 0 Å². The number of nitrogens with one attached hydrogen (secondary N) is 1. The summed E-state index contributed by atoms with van der Waals surface area (Å²) in [6.07, 6.45) is 1.81. The predicted octanol–water partition coefficient (Wildman–Crippen LogP) is 5.39. The molecule has 4 nitrogen and oxygen atoms in total. The van der Waals surface area contributed by atoms with Gasteiger partial charge in [-0.2, -0.15) is 0 Å². The molecule has 0 spiro atoms. The van der Waals surface area contributed by atoms with Gasteiger partial charge < -0.3 is 5.32 Å². The lowest BCUT2D eigenvalue weighted by molar-refractivity contribution is -0.123. The lowest BCUT2D eigenvalue weighted by Crippen LogP contribution is -2.30. The van der Waals surface area contributed by atoms with Crippen molar-refractivity contribution in [2.24, 2.45) is 0 Å². The topological polar surface area (TPSA) is 49.4 Å². The van der Waals surface area contributed by atoms with E-state index in [1.54, 1.807) is 6.08 Å². The molecule has 1 saturated heterocycles. The van der Waals surface area contributed by atoms with Crippen molar-refractivity contribution in [1.82, 2.24) is 10.2 Å². The van der Waals surface area contributed by atoms with Gasteiger partial charge in [0.05, 0.1) is 6.54 Å². The summed E-state index contributed by atoms with van der Waals surface area (Å²) in [7, 11) is 0. The first-order valence-electron chi connectivity index (χ1n) is 9.91. The van der Waals surface area contributed by atoms with Crippen LogP contribution in [0, 0.1) is 6.92 Å². The van der Waals surface area contributed by atoms with Crippen LogP contribution in [0.5, 0.6) is 0 Å². The lowest BCUT2D eigenvalue weighted by atomic mass is 9.96. The van der Waals surface area contributed by atoms with E-state index in [4.69, 9.17) is 0 Å². The van der Waals surface area contributed by atoms with Gasteiger partial charge in [0.25, 0.3) is 5.91 Å². The molecule has 30 heavy (non-hydrogen) atoms. The molecule has 0 aliphatic carbocycles. The summed E-state index contributed by atoms with van der Waals surface area (Å²) >= 11 is 0. The normalized spacial score (nSPS) is 15.4. The molecule has 5 rings (SSSR count). The number of hydrogen-bond acceptors (Lipinski definition) is 2. The molecular weight excluding hydrogens is 372 g/mol. The van der Waals surface area contributed by atoms with Crippen LogP contribution in [0.2, 0.25) is 0 Å². The van der Waals surface area contributed by atoms with Crippen LogP contribution in [0.25, 0.3) is 27.6 Å². The highest BCUT2D eigenvalue weighted by Crippen LogP contribution is 2.31. The Labute approximate surface area is 174 Å². The van der Waals surface area contributed by atoms with E-state index in [0.29, 0.717) is 5.70 Å². The zero-order chi connectivity index (χ0) is 20.7. The first-order valence-corrected chi connectivity index (χ1v) is 9.91. The van der Waals surface area contributed by atoms with Crippen molar-refractivity contribution >= 4 is 39.6 Å². The molecule has 0 aromatic heterocycles. The van der Waals surface area contributed by atoms with E-state index >= 15 is 0 Å². The van der Waals surface area contributed by atoms with Crippen molar-refractivity contribution in [3.8, 4) is 0 Å². The van der Waals surface area contributed by atoms with Crippen LogP contribution in [0.1, 0.15) is 16.7 Å². The van der Waals surface area contributed by atoms with Crippen molar-refractivity contribution in [3.05, 3.63) is 101 Å². The molecule has 1 fully saturated rings. The smallest absolute Gasteiger partial charge is 0.303 e. The molecule has 0 radical (unpaired) electrons. The molecule has 4 heteroatoms. The first-order chi connectivity index (χ1) is 14.6. The number of aryl methyl sites for hydroxylation is 1. The fourth-order valence-corrected chi connectivity index (χ4v) is 4.06. The van der Waals surface area contributed by atoms with Crippen LogP contribution in [0.15, 0.2) is 84.6 Å². The summed E-state index contributed by atoms with van der Waals surface area (Å²) in [6, 6.07) is 25.8. The van der Waals surface area contributed by atoms with Crippen molar-refractivity contribution in [2.45, 2.75) is 13.5 Å². The second-order valence-electron chi connectivity index (χ2n) is 7.60. The summed E-state index contributed by atoms with van der Waals surface area (Å²) < 4.78 is 0. The van der Waals surface area contributed by atoms with Crippen LogP contribution >= 0.6 is 0 Å². The number of urea groups is 1. The number of rotatable bonds is 3. The van der Waals surface area contributed by atoms with Crippen molar-refractivity contribution < 1.29 is 9.59 Å². The van der Waals surface area contributed by atoms with Gasteiger partial charge in [-0.15, -0.1) is 0 Å². The van der Waals surface area contributed by atoms with E-state index in [-0.39, 0.29) is 12.5 Å². The number of nitrogens with zero attached hydrogens (tertiary/aromatic N) is 1. The molecule has 1 N–H and O–H groups in total. The molecule has 4 aromatic carbocycles. The molecular formula is C26H20N2O2. The van der Waals surface area contributed by atoms with Crippen LogP contribution in [0.3, 0.4) is 0 Å². The highest BCUT2D eigenvalue weighted by molar-refractivity contribution is 6.16. The highest BCUT2D eigenvalue weighted by Gasteiger charge is 2.33. The van der Waals surface area contributed by atoms with E-state index in [1.807, 2.05) is 67.6 Å². The standard InChI is InChI=1S/C26H20N2O2/c1-17-7-6-8-18(13-17)16-28-25(29)24(27-26(28)30)15-23-21-11-4-2-9-19(21)14-20-10-3-5-12-22(20)23/h2-15H,16H2,1H3,(H,27,30)/b24-15+. The number of fused-ring (bicyclic) bond motifs is 2. The third-order valence-electron chi connectivity index (χ3n) is 5.49. The summed E-state index contributed by atoms with van der Waals surface area (Å²) in [5.74, 6) is -0.307. The van der Waals surface area contributed by atoms with E-state index < -0.39 is 6.03 Å². The van der Waals surface area contributed by atoms with E-state index in [2.05, 4.69) is 23.5 Å². The predicted molar refractivity (Wildman–Crippen MR) is 120 cm³/mol. The molecule has 1 aliphatic rings. The Morgan fingerprint density at radius 2 is 1.50 bits per heavy atom. The number of benzene rings is 4. The van der Waals surface area contributed by atoms with E-state index in [1.165, 1.54) is 4.90 Å². The quantitative estimate of drug-likeness (QED) is 0.289. The Kier molecular flexibility index (Phi) is 4.32. The van der Waals surface area contributed by atoms with Crippen molar-refractivity contribution in [3.63, 3.8) is 0 Å². The molecule has 4 aromatic rings. The van der Waals surface area contributed by atoms with Crippen molar-refractivity contribution in [2.75, 3.05) is 0 Å². The molecule has 0 saturated carbocycles. The molecule has 0 unspecified atom stereocenters. The number of imide groups is 1. The van der Waals surface area contributed by atoms with Crippen LogP contribution in [-0.4, -0.2) is 16.8 Å². The molecule has 0 bridgehead atoms. The Bertz CT molecular complexity index is 1300. The summed E-state index contributed by atoms with van der Waals surface area (Å²) in [5.41, 5.74) is 3.26. The van der Waals surface area contributed by atoms with Gasteiger partial charge in [-0.05, 0) is 51.7 Å². The maximum atomic E-state index is 13.1. The van der Waals surface area contributed by atoms with Crippen LogP contribution in [-0.2, 0) is 11.3 Å². The maximum Gasteiger partial charge on any atom is 0.329 e. The van der Waals surface area contributed by atoms with Gasteiger partial charge in [0.15, 0.2) is 0 Å². The third kappa shape index (κ3) is 3.12. The summed E-state index contributed by atoms with van der Waals surface area (Å²) in [6.45, 7) is 2.24. The second kappa shape index (κ2) is 7.16. The van der Waals surface area contributed by atoms with Crippen molar-refractivity contribution in [1.29, 1.82) is 0 Å². The molecule has 1 heterocycles. The molecule has 0 atom stereocenters. The minimum absolute atomic E-state index is 0.250. The van der Waals surface area contributed by atoms with E-state index in [9.17, 15) is 9.59 Å². The first kappa shape index (κ1) is 18.1. The second-order valence-corrected chi connectivity index (χ2v) is 7.60. The minimum atomic E-state index is -0.391. The Balaban J connectivity index is 1.59. The maximum absolute atomic E-state index is 13.1. The molecule has 1 aliphatic heterocycles. The monoisotopic (exact) mass is 392 g/mol. The van der Waals surface area contributed by atoms with Gasteiger partial charge in [0.1, 0.15) is 5.70 Å². The van der Waals surface area contributed by atoms with Gasteiger partial charge in [0, 0.05) is 0 Å². The van der Waals surface area contributed by atoms with Gasteiger partial charge in [-0.1, -0.05) is 78.4 Å². The third-order valence-corrected chi connectivity index (χ3v) is 5.49. The number of carbonyl (C=O) groups is 2. The lowest BCUT2D eigenvalue weighted by Gasteiger charge is -2.12. The van der Waals surface area contributed by atoms with Crippen LogP contribution < -0.4 is 5.32 Å². The SMILES string of the molecule is Cc1cccc(CN2C(=O)N/C(=C/c3c4ccccc4cc4ccccc34)C2=O)c1. The Morgan fingerprint density at radius 1 is 0.833 bits per heavy atom. The zero-order valence-corrected chi connectivity index (χ0v) is 16.6. The zero-order valence-electron chi connectivity index (χ0n) is 16.6. The summed E-state index contributed by atoms with van der Waals surface area (Å²) in [5, 5.41) is 7.04.